The van der Waals surface area contributed by atoms with Gasteiger partial charge in [0.1, 0.15) is 4.88 Å². The Bertz CT molecular complexity index is 591. The van der Waals surface area contributed by atoms with Crippen LogP contribution in [-0.4, -0.2) is 21.7 Å². The third-order valence-electron chi connectivity index (χ3n) is 1.86. The molecule has 19 heavy (non-hydrogen) atoms. The molecule has 5 nitrogen and oxygen atoms in total. The van der Waals surface area contributed by atoms with Crippen LogP contribution in [0.1, 0.15) is 20.2 Å². The number of hydrogen-bond donors (Lipinski definition) is 1. The molecule has 100 valence electrons. The van der Waals surface area contributed by atoms with E-state index in [-0.39, 0.29) is 0 Å². The molecule has 2 rings (SSSR count). The number of carbonyl (C=O) groups is 1. The summed E-state index contributed by atoms with van der Waals surface area (Å²) in [6.45, 7) is 0. The average molecular weight is 306 g/mol. The van der Waals surface area contributed by atoms with E-state index in [1.54, 1.807) is 17.5 Å². The second kappa shape index (κ2) is 5.45. The molecule has 2 aromatic rings. The van der Waals surface area contributed by atoms with Crippen LogP contribution in [0.5, 0.6) is 0 Å². The van der Waals surface area contributed by atoms with E-state index in [1.165, 1.54) is 17.6 Å². The molecule has 0 spiro atoms. The molecule has 0 fully saturated rings. The van der Waals surface area contributed by atoms with Crippen molar-refractivity contribution in [1.29, 1.82) is 0 Å². The normalized spacial score (nSPS) is 11.9. The first-order chi connectivity index (χ1) is 8.98. The van der Waals surface area contributed by atoms with Gasteiger partial charge < -0.3 is 0 Å². The number of nitrogens with one attached hydrogen (secondary N) is 1. The van der Waals surface area contributed by atoms with Gasteiger partial charge in [0.05, 0.1) is 6.21 Å². The van der Waals surface area contributed by atoms with Gasteiger partial charge in [-0.05, 0) is 23.0 Å². The van der Waals surface area contributed by atoms with Gasteiger partial charge in [-0.15, -0.1) is 16.4 Å². The number of amides is 1. The van der Waals surface area contributed by atoms with E-state index < -0.39 is 22.7 Å². The fourth-order valence-electron chi connectivity index (χ4n) is 1.10. The Hall–Kier alpha value is -1.81. The number of hydrazone groups is 1. The number of alkyl halides is 3. The summed E-state index contributed by atoms with van der Waals surface area (Å²) in [5, 5.41) is 8.27. The lowest BCUT2D eigenvalue weighted by Gasteiger charge is -2.03. The van der Waals surface area contributed by atoms with E-state index in [4.69, 9.17) is 0 Å². The van der Waals surface area contributed by atoms with Crippen molar-refractivity contribution in [3.63, 3.8) is 0 Å². The number of hydrogen-bond acceptors (Lipinski definition) is 6. The van der Waals surface area contributed by atoms with Crippen LogP contribution in [0.4, 0.5) is 13.2 Å². The van der Waals surface area contributed by atoms with Gasteiger partial charge in [0.2, 0.25) is 0 Å². The summed E-state index contributed by atoms with van der Waals surface area (Å²) in [5.41, 5.74) is 0.699. The minimum Gasteiger partial charge on any atom is -0.266 e. The summed E-state index contributed by atoms with van der Waals surface area (Å²) >= 11 is 1.74. The zero-order chi connectivity index (χ0) is 13.9. The van der Waals surface area contributed by atoms with E-state index in [2.05, 4.69) is 14.7 Å². The zero-order valence-corrected chi connectivity index (χ0v) is 10.6. The fraction of sp³-hybridized carbons (Fsp3) is 0.111. The van der Waals surface area contributed by atoms with E-state index in [0.717, 1.165) is 4.88 Å². The predicted molar refractivity (Wildman–Crippen MR) is 64.3 cm³/mol. The Morgan fingerprint density at radius 3 is 2.89 bits per heavy atom. The van der Waals surface area contributed by atoms with Crippen LogP contribution in [0.2, 0.25) is 0 Å². The van der Waals surface area contributed by atoms with E-state index in [1.807, 2.05) is 5.43 Å². The van der Waals surface area contributed by atoms with Gasteiger partial charge in [-0.25, -0.2) is 5.43 Å². The SMILES string of the molecule is O=C(N/N=C/c1cccs1)c1snnc1C(F)(F)F. The maximum Gasteiger partial charge on any atom is 0.436 e. The molecule has 1 amide bonds. The first kappa shape index (κ1) is 13.6. The fourth-order valence-corrected chi connectivity index (χ4v) is 2.26. The van der Waals surface area contributed by atoms with Gasteiger partial charge in [-0.2, -0.15) is 18.3 Å². The molecule has 0 bridgehead atoms. The molecule has 0 aliphatic carbocycles. The first-order valence-electron chi connectivity index (χ1n) is 4.75. The van der Waals surface area contributed by atoms with Gasteiger partial charge in [0.25, 0.3) is 5.91 Å². The van der Waals surface area contributed by atoms with E-state index in [0.29, 0.717) is 11.5 Å². The molecule has 0 saturated heterocycles. The van der Waals surface area contributed by atoms with Crippen LogP contribution >= 0.6 is 22.9 Å². The maximum absolute atomic E-state index is 12.5. The first-order valence-corrected chi connectivity index (χ1v) is 6.40. The van der Waals surface area contributed by atoms with Crippen LogP contribution in [0, 0.1) is 0 Å². The Morgan fingerprint density at radius 2 is 2.26 bits per heavy atom. The van der Waals surface area contributed by atoms with Crippen LogP contribution in [0.3, 0.4) is 0 Å². The van der Waals surface area contributed by atoms with Crippen molar-refractivity contribution >= 4 is 35.0 Å². The van der Waals surface area contributed by atoms with Gasteiger partial charge in [-0.3, -0.25) is 4.79 Å². The average Bonchev–Trinajstić information content (AvgIpc) is 2.98. The largest absolute Gasteiger partial charge is 0.436 e. The molecule has 0 radical (unpaired) electrons. The lowest BCUT2D eigenvalue weighted by atomic mass is 10.3. The molecule has 0 unspecified atom stereocenters. The van der Waals surface area contributed by atoms with Crippen molar-refractivity contribution < 1.29 is 18.0 Å². The molecule has 0 atom stereocenters. The van der Waals surface area contributed by atoms with Crippen molar-refractivity contribution in [3.8, 4) is 0 Å². The summed E-state index contributed by atoms with van der Waals surface area (Å²) in [6.07, 6.45) is -3.37. The number of aromatic nitrogens is 2. The van der Waals surface area contributed by atoms with Crippen LogP contribution in [0.25, 0.3) is 0 Å². The number of carbonyl (C=O) groups excluding carboxylic acids is 1. The molecule has 0 saturated carbocycles. The third-order valence-corrected chi connectivity index (χ3v) is 3.40. The minimum atomic E-state index is -4.71. The van der Waals surface area contributed by atoms with Crippen molar-refractivity contribution in [2.45, 2.75) is 6.18 Å². The van der Waals surface area contributed by atoms with Gasteiger partial charge in [0, 0.05) is 4.88 Å². The third kappa shape index (κ3) is 3.35. The second-order valence-electron chi connectivity index (χ2n) is 3.16. The van der Waals surface area contributed by atoms with Crippen LogP contribution < -0.4 is 5.43 Å². The molecular formula is C9H5F3N4OS2. The van der Waals surface area contributed by atoms with Gasteiger partial charge >= 0.3 is 6.18 Å². The molecule has 2 aromatic heterocycles. The number of rotatable bonds is 3. The molecule has 2 heterocycles. The number of nitrogens with zero attached hydrogens (tertiary/aromatic N) is 3. The van der Waals surface area contributed by atoms with Crippen LogP contribution in [0.15, 0.2) is 22.6 Å². The summed E-state index contributed by atoms with van der Waals surface area (Å²) in [6, 6.07) is 3.53. The molecule has 1 N–H and O–H groups in total. The molecular weight excluding hydrogens is 301 g/mol. The Kier molecular flexibility index (Phi) is 3.90. The maximum atomic E-state index is 12.5. The number of thiophene rings is 1. The topological polar surface area (TPSA) is 67.2 Å². The zero-order valence-electron chi connectivity index (χ0n) is 9.01. The highest BCUT2D eigenvalue weighted by atomic mass is 32.1. The Balaban J connectivity index is 2.07. The summed E-state index contributed by atoms with van der Waals surface area (Å²) in [4.78, 5) is 11.7. The Morgan fingerprint density at radius 1 is 1.47 bits per heavy atom. The standard InChI is InChI=1S/C9H5F3N4OS2/c10-9(11,12)7-6(19-16-14-7)8(17)15-13-4-5-2-1-3-18-5/h1-4H,(H,15,17)/b13-4+. The molecule has 10 heteroatoms. The highest BCUT2D eigenvalue weighted by Gasteiger charge is 2.39. The smallest absolute Gasteiger partial charge is 0.266 e. The lowest BCUT2D eigenvalue weighted by Crippen LogP contribution is -2.20. The van der Waals surface area contributed by atoms with Crippen molar-refractivity contribution in [3.05, 3.63) is 33.0 Å². The highest BCUT2D eigenvalue weighted by Crippen LogP contribution is 2.31. The minimum absolute atomic E-state index is 0.368. The lowest BCUT2D eigenvalue weighted by molar-refractivity contribution is -0.141. The predicted octanol–water partition coefficient (Wildman–Crippen LogP) is 2.38. The van der Waals surface area contributed by atoms with E-state index >= 15 is 0 Å². The summed E-state index contributed by atoms with van der Waals surface area (Å²) < 4.78 is 40.6. The highest BCUT2D eigenvalue weighted by molar-refractivity contribution is 7.11. The van der Waals surface area contributed by atoms with Gasteiger partial charge in [0.15, 0.2) is 5.69 Å². The quantitative estimate of drug-likeness (QED) is 0.699. The second-order valence-corrected chi connectivity index (χ2v) is 4.90. The molecule has 0 aliphatic heterocycles. The Labute approximate surface area is 112 Å². The number of halogens is 3. The van der Waals surface area contributed by atoms with Crippen molar-refractivity contribution in [1.82, 2.24) is 15.0 Å². The van der Waals surface area contributed by atoms with Crippen molar-refractivity contribution in [2.24, 2.45) is 5.10 Å². The summed E-state index contributed by atoms with van der Waals surface area (Å²) in [7, 11) is 0. The van der Waals surface area contributed by atoms with Gasteiger partial charge in [-0.1, -0.05) is 10.6 Å². The summed E-state index contributed by atoms with van der Waals surface area (Å²) in [5.74, 6) is -0.991. The monoisotopic (exact) mass is 306 g/mol. The van der Waals surface area contributed by atoms with Crippen molar-refractivity contribution in [2.75, 3.05) is 0 Å². The van der Waals surface area contributed by atoms with Crippen LogP contribution in [-0.2, 0) is 6.18 Å². The van der Waals surface area contributed by atoms with E-state index in [9.17, 15) is 18.0 Å². The molecule has 0 aromatic carbocycles. The molecule has 0 aliphatic rings.